The normalized spacial score (nSPS) is 21.4. The number of fused-ring (bicyclic) bond motifs is 1. The molecule has 1 heterocycles. The maximum absolute atomic E-state index is 4.83. The van der Waals surface area contributed by atoms with Gasteiger partial charge in [0.1, 0.15) is 5.82 Å². The van der Waals surface area contributed by atoms with Crippen LogP contribution in [-0.2, 0) is 18.3 Å². The number of aromatic nitrogens is 2. The van der Waals surface area contributed by atoms with Crippen LogP contribution in [-0.4, -0.2) is 9.97 Å². The number of imidazole rings is 1. The third-order valence-corrected chi connectivity index (χ3v) is 3.98. The van der Waals surface area contributed by atoms with Crippen LogP contribution in [0.5, 0.6) is 0 Å². The van der Waals surface area contributed by atoms with Crippen LogP contribution in [0.2, 0.25) is 0 Å². The molecule has 1 aliphatic carbocycles. The fourth-order valence-corrected chi connectivity index (χ4v) is 2.57. The van der Waals surface area contributed by atoms with E-state index in [1.165, 1.54) is 24.2 Å². The molecule has 0 spiro atoms. The predicted molar refractivity (Wildman–Crippen MR) is 72.3 cm³/mol. The first-order chi connectivity index (χ1) is 7.68. The number of aryl methyl sites for hydroxylation is 1. The van der Waals surface area contributed by atoms with Crippen LogP contribution in [0.15, 0.2) is 0 Å². The number of aromatic amines is 1. The zero-order chi connectivity index (χ0) is 12.8. The average Bonchev–Trinajstić information content (AvgIpc) is 2.57. The summed E-state index contributed by atoms with van der Waals surface area (Å²) in [5, 5.41) is 0. The first-order valence-corrected chi connectivity index (χ1v) is 6.76. The minimum Gasteiger partial charge on any atom is -0.345 e. The molecule has 2 nitrogen and oxygen atoms in total. The van der Waals surface area contributed by atoms with Gasteiger partial charge in [0.25, 0.3) is 0 Å². The number of nitrogens with zero attached hydrogens (tertiary/aromatic N) is 1. The van der Waals surface area contributed by atoms with Crippen LogP contribution in [0.25, 0.3) is 0 Å². The van der Waals surface area contributed by atoms with E-state index in [0.717, 1.165) is 18.2 Å². The van der Waals surface area contributed by atoms with Gasteiger partial charge >= 0.3 is 0 Å². The summed E-state index contributed by atoms with van der Waals surface area (Å²) in [6, 6.07) is 0. The maximum Gasteiger partial charge on any atom is 0.111 e. The largest absolute Gasteiger partial charge is 0.345 e. The minimum atomic E-state index is 0.134. The lowest BCUT2D eigenvalue weighted by molar-refractivity contribution is 0.214. The lowest BCUT2D eigenvalue weighted by Gasteiger charge is -2.33. The molecule has 0 saturated carbocycles. The Morgan fingerprint density at radius 3 is 2.29 bits per heavy atom. The molecule has 1 aromatic rings. The standard InChI is InChI=1S/C15H26N2/c1-14(2,3)10-7-8-11-12(9-10)17-13(16-11)15(4,5)6/h10H,7-9H2,1-6H3,(H,16,17). The molecule has 0 bridgehead atoms. The third kappa shape index (κ3) is 2.56. The van der Waals surface area contributed by atoms with E-state index in [1.54, 1.807) is 0 Å². The van der Waals surface area contributed by atoms with E-state index in [9.17, 15) is 0 Å². The van der Waals surface area contributed by atoms with E-state index in [4.69, 9.17) is 4.98 Å². The maximum atomic E-state index is 4.83. The van der Waals surface area contributed by atoms with Crippen LogP contribution < -0.4 is 0 Å². The average molecular weight is 234 g/mol. The van der Waals surface area contributed by atoms with Crippen LogP contribution in [0.1, 0.15) is 65.2 Å². The van der Waals surface area contributed by atoms with Gasteiger partial charge in [-0.05, 0) is 30.6 Å². The van der Waals surface area contributed by atoms with Crippen LogP contribution in [0.3, 0.4) is 0 Å². The Morgan fingerprint density at radius 2 is 1.76 bits per heavy atom. The van der Waals surface area contributed by atoms with E-state index >= 15 is 0 Å². The first kappa shape index (κ1) is 12.7. The van der Waals surface area contributed by atoms with Crippen molar-refractivity contribution in [1.29, 1.82) is 0 Å². The summed E-state index contributed by atoms with van der Waals surface area (Å²) >= 11 is 0. The van der Waals surface area contributed by atoms with Gasteiger partial charge in [-0.15, -0.1) is 0 Å². The zero-order valence-corrected chi connectivity index (χ0v) is 12.1. The number of rotatable bonds is 0. The van der Waals surface area contributed by atoms with Crippen LogP contribution in [0.4, 0.5) is 0 Å². The molecule has 1 aliphatic rings. The van der Waals surface area contributed by atoms with Gasteiger partial charge in [-0.1, -0.05) is 41.5 Å². The van der Waals surface area contributed by atoms with E-state index in [-0.39, 0.29) is 5.41 Å². The van der Waals surface area contributed by atoms with Gasteiger partial charge in [0.15, 0.2) is 0 Å². The van der Waals surface area contributed by atoms with Gasteiger partial charge in [-0.2, -0.15) is 0 Å². The van der Waals surface area contributed by atoms with Crippen molar-refractivity contribution in [3.8, 4) is 0 Å². The lowest BCUT2D eigenvalue weighted by atomic mass is 9.73. The summed E-state index contributed by atoms with van der Waals surface area (Å²) in [5.41, 5.74) is 3.24. The molecular formula is C15H26N2. The Morgan fingerprint density at radius 1 is 1.12 bits per heavy atom. The van der Waals surface area contributed by atoms with Crippen molar-refractivity contribution in [1.82, 2.24) is 9.97 Å². The molecule has 1 aromatic heterocycles. The van der Waals surface area contributed by atoms with Gasteiger partial charge in [-0.25, -0.2) is 4.98 Å². The van der Waals surface area contributed by atoms with Gasteiger partial charge in [-0.3, -0.25) is 0 Å². The van der Waals surface area contributed by atoms with E-state index < -0.39 is 0 Å². The smallest absolute Gasteiger partial charge is 0.111 e. The molecule has 1 unspecified atom stereocenters. The van der Waals surface area contributed by atoms with Crippen molar-refractivity contribution in [2.24, 2.45) is 11.3 Å². The Kier molecular flexibility index (Phi) is 2.87. The summed E-state index contributed by atoms with van der Waals surface area (Å²) in [4.78, 5) is 8.36. The number of nitrogens with one attached hydrogen (secondary N) is 1. The first-order valence-electron chi connectivity index (χ1n) is 6.76. The Labute approximate surface area is 105 Å². The van der Waals surface area contributed by atoms with E-state index in [1.807, 2.05) is 0 Å². The Hall–Kier alpha value is -0.790. The fourth-order valence-electron chi connectivity index (χ4n) is 2.57. The predicted octanol–water partition coefficient (Wildman–Crippen LogP) is 3.86. The molecule has 2 heteroatoms. The summed E-state index contributed by atoms with van der Waals surface area (Å²) in [7, 11) is 0. The van der Waals surface area contributed by atoms with Crippen molar-refractivity contribution in [2.45, 2.75) is 66.2 Å². The molecule has 0 amide bonds. The highest BCUT2D eigenvalue weighted by Gasteiger charge is 2.31. The highest BCUT2D eigenvalue weighted by atomic mass is 15.0. The topological polar surface area (TPSA) is 28.7 Å². The zero-order valence-electron chi connectivity index (χ0n) is 12.1. The summed E-state index contributed by atoms with van der Waals surface area (Å²) in [6.45, 7) is 13.7. The molecule has 0 fully saturated rings. The van der Waals surface area contributed by atoms with E-state index in [2.05, 4.69) is 46.5 Å². The minimum absolute atomic E-state index is 0.134. The summed E-state index contributed by atoms with van der Waals surface area (Å²) in [5.74, 6) is 1.92. The van der Waals surface area contributed by atoms with Gasteiger partial charge in [0, 0.05) is 11.1 Å². The quantitative estimate of drug-likeness (QED) is 0.725. The van der Waals surface area contributed by atoms with Crippen molar-refractivity contribution in [3.63, 3.8) is 0 Å². The second-order valence-electron chi connectivity index (χ2n) is 7.57. The lowest BCUT2D eigenvalue weighted by Crippen LogP contribution is -2.26. The SMILES string of the molecule is CC(C)(C)c1nc2c([nH]1)CCC(C(C)(C)C)C2. The number of hydrogen-bond acceptors (Lipinski definition) is 1. The summed E-state index contributed by atoms with van der Waals surface area (Å²) in [6.07, 6.45) is 3.61. The number of H-pyrrole nitrogens is 1. The molecule has 0 radical (unpaired) electrons. The Balaban J connectivity index is 2.25. The molecule has 1 N–H and O–H groups in total. The molecule has 0 aliphatic heterocycles. The van der Waals surface area contributed by atoms with E-state index in [0.29, 0.717) is 5.41 Å². The van der Waals surface area contributed by atoms with Gasteiger partial charge in [0.2, 0.25) is 0 Å². The van der Waals surface area contributed by atoms with Crippen molar-refractivity contribution in [2.75, 3.05) is 0 Å². The molecule has 17 heavy (non-hydrogen) atoms. The second kappa shape index (κ2) is 3.86. The van der Waals surface area contributed by atoms with Crippen molar-refractivity contribution < 1.29 is 0 Å². The fraction of sp³-hybridized carbons (Fsp3) is 0.800. The number of hydrogen-bond donors (Lipinski definition) is 1. The monoisotopic (exact) mass is 234 g/mol. The highest BCUT2D eigenvalue weighted by Crippen LogP contribution is 2.37. The highest BCUT2D eigenvalue weighted by molar-refractivity contribution is 5.22. The summed E-state index contributed by atoms with van der Waals surface area (Å²) < 4.78 is 0. The molecule has 96 valence electrons. The Bertz CT molecular complexity index is 402. The third-order valence-electron chi connectivity index (χ3n) is 3.98. The van der Waals surface area contributed by atoms with Gasteiger partial charge < -0.3 is 4.98 Å². The molecule has 2 rings (SSSR count). The molecular weight excluding hydrogens is 208 g/mol. The molecule has 0 aromatic carbocycles. The van der Waals surface area contributed by atoms with Crippen molar-refractivity contribution in [3.05, 3.63) is 17.2 Å². The molecule has 0 saturated heterocycles. The van der Waals surface area contributed by atoms with Crippen molar-refractivity contribution >= 4 is 0 Å². The van der Waals surface area contributed by atoms with Crippen LogP contribution in [0, 0.1) is 11.3 Å². The molecule has 1 atom stereocenters. The van der Waals surface area contributed by atoms with Gasteiger partial charge in [0.05, 0.1) is 5.69 Å². The van der Waals surface area contributed by atoms with Crippen LogP contribution >= 0.6 is 0 Å². The second-order valence-corrected chi connectivity index (χ2v) is 7.57.